The normalized spacial score (nSPS) is 21.0. The molecule has 3 unspecified atom stereocenters. The fraction of sp³-hybridized carbons (Fsp3) is 0.328. The van der Waals surface area contributed by atoms with Gasteiger partial charge in [0.15, 0.2) is 0 Å². The van der Waals surface area contributed by atoms with E-state index >= 15 is 0 Å². The maximum Gasteiger partial charge on any atom is 0.317 e. The molecule has 4 amide bonds. The minimum Gasteiger partial charge on any atom is -0.346 e. The second-order valence-electron chi connectivity index (χ2n) is 23.3. The molecule has 19 nitrogen and oxygen atoms in total. The van der Waals surface area contributed by atoms with Crippen LogP contribution in [0.1, 0.15) is 61.2 Å². The summed E-state index contributed by atoms with van der Waals surface area (Å²) in [5.74, 6) is 0.0796. The molecule has 7 aromatic heterocycles. The van der Waals surface area contributed by atoms with Crippen LogP contribution in [0.15, 0.2) is 146 Å². The van der Waals surface area contributed by atoms with Gasteiger partial charge in [0, 0.05) is 156 Å². The maximum absolute atomic E-state index is 12.8. The third-order valence-electron chi connectivity index (χ3n) is 18.5. The number of likely N-dealkylation sites (tertiary alicyclic amines) is 3. The molecule has 420 valence electrons. The Morgan fingerprint density at radius 2 is 0.904 bits per heavy atom. The molecular weight excluding hydrogens is 1040 g/mol. The van der Waals surface area contributed by atoms with Gasteiger partial charge >= 0.3 is 6.03 Å². The lowest BCUT2D eigenvalue weighted by molar-refractivity contribution is -0.129. The summed E-state index contributed by atoms with van der Waals surface area (Å²) in [6, 6.07) is 41.3. The quantitative estimate of drug-likeness (QED) is 0.122. The van der Waals surface area contributed by atoms with Crippen LogP contribution >= 0.6 is 0 Å². The van der Waals surface area contributed by atoms with Gasteiger partial charge in [-0.15, -0.1) is 0 Å². The zero-order valence-electron chi connectivity index (χ0n) is 46.3. The summed E-state index contributed by atoms with van der Waals surface area (Å²) in [5, 5.41) is 20.9. The molecule has 0 radical (unpaired) electrons. The van der Waals surface area contributed by atoms with Crippen LogP contribution in [0.25, 0.3) is 66.6 Å². The number of aromatic amines is 1. The molecular formula is C64H66N16O3. The first-order valence-corrected chi connectivity index (χ1v) is 29.0. The Labute approximate surface area is 479 Å². The number of benzene rings is 3. The summed E-state index contributed by atoms with van der Waals surface area (Å²) >= 11 is 0. The zero-order chi connectivity index (χ0) is 56.3. The smallest absolute Gasteiger partial charge is 0.317 e. The number of hydrogen-bond donors (Lipinski definition) is 4. The number of H-pyrrole nitrogens is 1. The molecule has 6 aliphatic heterocycles. The van der Waals surface area contributed by atoms with Crippen LogP contribution in [0.2, 0.25) is 0 Å². The fourth-order valence-corrected chi connectivity index (χ4v) is 13.9. The van der Waals surface area contributed by atoms with E-state index in [-0.39, 0.29) is 47.2 Å². The summed E-state index contributed by atoms with van der Waals surface area (Å²) in [4.78, 5) is 59.3. The number of aryl methyl sites for hydroxylation is 3. The van der Waals surface area contributed by atoms with E-state index in [1.54, 1.807) is 0 Å². The van der Waals surface area contributed by atoms with Gasteiger partial charge in [-0.05, 0) is 98.7 Å². The summed E-state index contributed by atoms with van der Waals surface area (Å²) in [6.45, 7) is 8.03. The highest BCUT2D eigenvalue weighted by atomic mass is 16.2. The number of aromatic nitrogens is 10. The second kappa shape index (κ2) is 21.0. The molecule has 13 heterocycles. The number of carbonyl (C=O) groups is 3. The van der Waals surface area contributed by atoms with Crippen LogP contribution in [-0.4, -0.2) is 134 Å². The first-order chi connectivity index (χ1) is 40.6. The summed E-state index contributed by atoms with van der Waals surface area (Å²) in [5.41, 5.74) is 24.8. The van der Waals surface area contributed by atoms with Gasteiger partial charge in [-0.1, -0.05) is 66.7 Å². The molecule has 83 heavy (non-hydrogen) atoms. The van der Waals surface area contributed by atoms with Crippen LogP contribution < -0.4 is 16.8 Å². The van der Waals surface area contributed by atoms with E-state index < -0.39 is 0 Å². The summed E-state index contributed by atoms with van der Waals surface area (Å²) in [7, 11) is 0. The van der Waals surface area contributed by atoms with Crippen molar-refractivity contribution in [1.82, 2.24) is 69.3 Å². The molecule has 19 heteroatoms. The topological polar surface area (TPSA) is 233 Å². The number of pyridine rings is 3. The molecule has 0 bridgehead atoms. The number of hydrogen-bond acceptors (Lipinski definition) is 11. The highest BCUT2D eigenvalue weighted by Gasteiger charge is 2.49. The molecule has 16 rings (SSSR count). The van der Waals surface area contributed by atoms with Gasteiger partial charge in [-0.2, -0.15) is 15.3 Å². The monoisotopic (exact) mass is 1110 g/mol. The maximum atomic E-state index is 12.8. The van der Waals surface area contributed by atoms with E-state index in [1.165, 1.54) is 17.1 Å². The number of nitrogens with zero attached hydrogens (tertiary/aromatic N) is 12. The van der Waals surface area contributed by atoms with Gasteiger partial charge in [0.1, 0.15) is 5.65 Å². The summed E-state index contributed by atoms with van der Waals surface area (Å²) in [6.07, 6.45) is 13.6. The van der Waals surface area contributed by atoms with Gasteiger partial charge in [0.2, 0.25) is 11.8 Å². The average Bonchev–Trinajstić information content (AvgIpc) is 4.45. The van der Waals surface area contributed by atoms with Crippen LogP contribution in [0, 0.1) is 0 Å². The molecule has 6 N–H and O–H groups in total. The fourth-order valence-electron chi connectivity index (χ4n) is 13.9. The second-order valence-corrected chi connectivity index (χ2v) is 23.3. The van der Waals surface area contributed by atoms with Crippen molar-refractivity contribution in [2.24, 2.45) is 11.5 Å². The van der Waals surface area contributed by atoms with E-state index in [2.05, 4.69) is 87.8 Å². The number of amides is 4. The molecule has 3 spiro atoms. The number of urea groups is 1. The summed E-state index contributed by atoms with van der Waals surface area (Å²) < 4.78 is 6.35. The van der Waals surface area contributed by atoms with E-state index in [1.807, 2.05) is 112 Å². The van der Waals surface area contributed by atoms with Gasteiger partial charge in [-0.3, -0.25) is 33.6 Å². The van der Waals surface area contributed by atoms with Crippen molar-refractivity contribution in [1.29, 1.82) is 0 Å². The molecule has 3 fully saturated rings. The number of fused-ring (bicyclic) bond motifs is 9. The number of nitrogens with one attached hydrogen (secondary N) is 2. The first-order valence-electron chi connectivity index (χ1n) is 29.0. The zero-order valence-corrected chi connectivity index (χ0v) is 46.3. The van der Waals surface area contributed by atoms with Crippen LogP contribution in [0.3, 0.4) is 0 Å². The van der Waals surface area contributed by atoms with Crippen molar-refractivity contribution in [3.05, 3.63) is 169 Å². The van der Waals surface area contributed by atoms with Crippen LogP contribution in [-0.2, 0) is 52.0 Å². The lowest BCUT2D eigenvalue weighted by Gasteiger charge is -2.23. The van der Waals surface area contributed by atoms with Crippen molar-refractivity contribution in [2.75, 3.05) is 52.4 Å². The molecule has 0 aliphatic carbocycles. The van der Waals surface area contributed by atoms with Crippen molar-refractivity contribution in [3.63, 3.8) is 0 Å². The van der Waals surface area contributed by atoms with E-state index in [0.29, 0.717) is 6.54 Å². The third kappa shape index (κ3) is 9.56. The van der Waals surface area contributed by atoms with Crippen molar-refractivity contribution in [3.8, 4) is 33.8 Å². The Kier molecular flexibility index (Phi) is 13.2. The minimum absolute atomic E-state index is 0.000383. The number of para-hydroxylation sites is 2. The highest BCUT2D eigenvalue weighted by molar-refractivity contribution is 5.85. The molecule has 3 atom stereocenters. The van der Waals surface area contributed by atoms with E-state index in [9.17, 15) is 14.4 Å². The van der Waals surface area contributed by atoms with Crippen molar-refractivity contribution in [2.45, 2.75) is 80.9 Å². The first kappa shape index (κ1) is 52.0. The van der Waals surface area contributed by atoms with Gasteiger partial charge in [-0.25, -0.2) is 9.78 Å². The van der Waals surface area contributed by atoms with Crippen molar-refractivity contribution >= 4 is 50.7 Å². The van der Waals surface area contributed by atoms with Crippen LogP contribution in [0.4, 0.5) is 4.79 Å². The third-order valence-corrected chi connectivity index (χ3v) is 18.5. The van der Waals surface area contributed by atoms with Gasteiger partial charge < -0.3 is 36.5 Å². The largest absolute Gasteiger partial charge is 0.346 e. The van der Waals surface area contributed by atoms with E-state index in [0.717, 1.165) is 170 Å². The Hall–Kier alpha value is -9.07. The van der Waals surface area contributed by atoms with Crippen LogP contribution in [0.5, 0.6) is 0 Å². The number of nitrogens with two attached hydrogens (primary N) is 2. The highest BCUT2D eigenvalue weighted by Crippen LogP contribution is 2.47. The Balaban J connectivity index is 0.000000112. The van der Waals surface area contributed by atoms with Crippen molar-refractivity contribution < 1.29 is 14.4 Å². The standard InChI is InChI=1S/C26H25N5O.C20H21N5O.C18H20N6O/c32-25(28-16-19-6-2-1-3-7-19)30-12-10-26(18-30)11-13-31-24(26)15-23(29-31)21-14-20-8-4-5-9-22(20)27-17-21;21-11-19(26)24-7-5-20(13-24)6-8-25-18(20)10-17(23-25)15-9-14-3-1-2-4-16(14)22-12-15;19-9-16(25)23-5-2-18(11-23)3-6-24-15(18)8-14(22-24)13-7-12-1-4-20-17(12)21-10-13/h1-9,14-15,17H,10-13,16,18H2,(H,28,32);1-4,9-10,12H,5-8,11,13,21H2;1,4,7-8,10H,2-3,5-6,9,11,19H2,(H,20,21). The average molecular weight is 1110 g/mol. The minimum atomic E-state index is -0.000383. The molecule has 6 aliphatic rings. The Morgan fingerprint density at radius 1 is 0.482 bits per heavy atom. The predicted octanol–water partition coefficient (Wildman–Crippen LogP) is 7.55. The number of carbonyl (C=O) groups excluding carboxylic acids is 3. The molecule has 10 aromatic rings. The lowest BCUT2D eigenvalue weighted by atomic mass is 9.82. The molecule has 0 saturated carbocycles. The SMILES string of the molecule is NCC(=O)N1CCC2(CCn3nc(-c4cnc5[nH]ccc5c4)cc32)C1.NCC(=O)N1CCC2(CCn3nc(-c4cnc5ccccc5c4)cc32)C1.O=C(NCc1ccccc1)N1CCC2(CCn3nc(-c4cnc5ccccc5c4)cc32)C1. The van der Waals surface area contributed by atoms with Gasteiger partial charge in [0.05, 0.1) is 41.2 Å². The molecule has 3 saturated heterocycles. The number of rotatable bonds is 7. The Bertz CT molecular complexity index is 4110. The van der Waals surface area contributed by atoms with Gasteiger partial charge in [0.25, 0.3) is 0 Å². The lowest BCUT2D eigenvalue weighted by Crippen LogP contribution is -2.40. The Morgan fingerprint density at radius 3 is 1.40 bits per heavy atom. The molecule has 3 aromatic carbocycles. The van der Waals surface area contributed by atoms with E-state index in [4.69, 9.17) is 26.8 Å². The predicted molar refractivity (Wildman–Crippen MR) is 317 cm³/mol.